The first-order valence-corrected chi connectivity index (χ1v) is 11.1. The van der Waals surface area contributed by atoms with Crippen LogP contribution in [0.5, 0.6) is 0 Å². The molecule has 2 aromatic heterocycles. The van der Waals surface area contributed by atoms with Gasteiger partial charge < -0.3 is 9.30 Å². The number of rotatable bonds is 7. The number of carbonyl (C=O) groups is 2. The second-order valence-electron chi connectivity index (χ2n) is 7.56. The van der Waals surface area contributed by atoms with Crippen LogP contribution in [0.1, 0.15) is 58.1 Å². The number of nitriles is 2. The first-order valence-electron chi connectivity index (χ1n) is 10.3. The summed E-state index contributed by atoms with van der Waals surface area (Å²) in [5, 5.41) is 20.2. The zero-order valence-electron chi connectivity index (χ0n) is 18.4. The van der Waals surface area contributed by atoms with Gasteiger partial charge in [0.25, 0.3) is 0 Å². The van der Waals surface area contributed by atoms with Gasteiger partial charge in [-0.2, -0.15) is 10.5 Å². The minimum atomic E-state index is -0.511. The van der Waals surface area contributed by atoms with E-state index in [1.165, 1.54) is 0 Å². The van der Waals surface area contributed by atoms with Crippen LogP contribution in [0.15, 0.2) is 36.0 Å². The lowest BCUT2D eigenvalue weighted by Crippen LogP contribution is -2.05. The van der Waals surface area contributed by atoms with Crippen LogP contribution in [0.2, 0.25) is 0 Å². The summed E-state index contributed by atoms with van der Waals surface area (Å²) in [4.78, 5) is 25.9. The maximum Gasteiger partial charge on any atom is 0.348 e. The summed E-state index contributed by atoms with van der Waals surface area (Å²) in [7, 11) is 0. The number of esters is 1. The molecule has 0 saturated carbocycles. The van der Waals surface area contributed by atoms with Gasteiger partial charge in [-0.25, -0.2) is 4.79 Å². The number of hydrogen-bond donors (Lipinski definition) is 0. The van der Waals surface area contributed by atoms with Gasteiger partial charge in [-0.1, -0.05) is 18.2 Å². The van der Waals surface area contributed by atoms with E-state index in [0.717, 1.165) is 27.8 Å². The van der Waals surface area contributed by atoms with E-state index in [1.807, 2.05) is 36.5 Å². The van der Waals surface area contributed by atoms with Crippen molar-refractivity contribution in [2.45, 2.75) is 40.2 Å². The Bertz CT molecular complexity index is 1310. The minimum absolute atomic E-state index is 0.00397. The normalized spacial score (nSPS) is 11.4. The van der Waals surface area contributed by atoms with Gasteiger partial charge in [0.15, 0.2) is 5.78 Å². The summed E-state index contributed by atoms with van der Waals surface area (Å²) in [6.45, 7) is 7.73. The molecular weight excluding hydrogens is 422 g/mol. The van der Waals surface area contributed by atoms with Crippen LogP contribution in [0.3, 0.4) is 0 Å². The zero-order chi connectivity index (χ0) is 23.4. The third kappa shape index (κ3) is 4.34. The average Bonchev–Trinajstić information content (AvgIpc) is 3.29. The Labute approximate surface area is 191 Å². The fourth-order valence-electron chi connectivity index (χ4n) is 3.58. The molecule has 3 rings (SSSR count). The molecule has 0 saturated heterocycles. The van der Waals surface area contributed by atoms with Crippen molar-refractivity contribution in [2.24, 2.45) is 0 Å². The van der Waals surface area contributed by atoms with E-state index in [9.17, 15) is 20.1 Å². The molecule has 32 heavy (non-hydrogen) atoms. The number of benzene rings is 1. The average molecular weight is 446 g/mol. The second-order valence-corrected chi connectivity index (χ2v) is 8.66. The zero-order valence-corrected chi connectivity index (χ0v) is 19.2. The van der Waals surface area contributed by atoms with Gasteiger partial charge in [0, 0.05) is 40.0 Å². The Morgan fingerprint density at radius 2 is 1.97 bits per heavy atom. The highest BCUT2D eigenvalue weighted by molar-refractivity contribution is 7.14. The lowest BCUT2D eigenvalue weighted by molar-refractivity contribution is -0.114. The van der Waals surface area contributed by atoms with Crippen molar-refractivity contribution in [1.82, 2.24) is 4.57 Å². The van der Waals surface area contributed by atoms with Crippen LogP contribution in [-0.2, 0) is 16.0 Å². The lowest BCUT2D eigenvalue weighted by Gasteiger charge is -2.08. The molecular formula is C25H23N3O3S. The van der Waals surface area contributed by atoms with Gasteiger partial charge >= 0.3 is 5.97 Å². The molecule has 0 radical (unpaired) electrons. The molecule has 6 nitrogen and oxygen atoms in total. The van der Waals surface area contributed by atoms with E-state index in [2.05, 4.69) is 24.5 Å². The molecule has 0 spiro atoms. The van der Waals surface area contributed by atoms with Gasteiger partial charge in [0.05, 0.1) is 17.7 Å². The van der Waals surface area contributed by atoms with E-state index >= 15 is 0 Å². The number of para-hydroxylation sites is 1. The van der Waals surface area contributed by atoms with E-state index in [4.69, 9.17) is 4.74 Å². The molecule has 7 heteroatoms. The van der Waals surface area contributed by atoms with Gasteiger partial charge in [-0.3, -0.25) is 4.79 Å². The number of Topliss-reactive ketones (excluding diaryl/α,β-unsaturated/α-hetero) is 1. The standard InChI is InChI=1S/C25H23N3O3S/c1-5-31-25(30)24-16(4)20(13-27)23(32-24)11-22(29)17(12-26)10-18-14-28(15(2)3)21-9-7-6-8-19(18)21/h6-10,14-15H,5,11H2,1-4H3/b17-10+. The molecule has 0 fully saturated rings. The Balaban J connectivity index is 1.98. The number of ether oxygens (including phenoxy) is 1. The highest BCUT2D eigenvalue weighted by Crippen LogP contribution is 2.30. The Morgan fingerprint density at radius 1 is 1.25 bits per heavy atom. The molecule has 2 heterocycles. The van der Waals surface area contributed by atoms with Gasteiger partial charge in [0.1, 0.15) is 17.0 Å². The molecule has 1 aromatic carbocycles. The predicted molar refractivity (Wildman–Crippen MR) is 124 cm³/mol. The number of hydrogen-bond acceptors (Lipinski definition) is 6. The predicted octanol–water partition coefficient (Wildman–Crippen LogP) is 5.36. The summed E-state index contributed by atoms with van der Waals surface area (Å²) < 4.78 is 7.15. The number of aromatic nitrogens is 1. The molecule has 0 N–H and O–H groups in total. The molecule has 0 aliphatic carbocycles. The van der Waals surface area contributed by atoms with E-state index in [1.54, 1.807) is 19.9 Å². The van der Waals surface area contributed by atoms with Crippen LogP contribution < -0.4 is 0 Å². The fraction of sp³-hybridized carbons (Fsp3) is 0.280. The van der Waals surface area contributed by atoms with Crippen molar-refractivity contribution in [3.05, 3.63) is 62.5 Å². The summed E-state index contributed by atoms with van der Waals surface area (Å²) in [5.74, 6) is -0.912. The van der Waals surface area contributed by atoms with Crippen molar-refractivity contribution in [1.29, 1.82) is 10.5 Å². The van der Waals surface area contributed by atoms with Crippen molar-refractivity contribution in [2.75, 3.05) is 6.61 Å². The molecule has 0 atom stereocenters. The van der Waals surface area contributed by atoms with Crippen molar-refractivity contribution in [3.63, 3.8) is 0 Å². The lowest BCUT2D eigenvalue weighted by atomic mass is 10.0. The second kappa shape index (κ2) is 9.64. The molecule has 3 aromatic rings. The molecule has 0 bridgehead atoms. The topological polar surface area (TPSA) is 95.9 Å². The minimum Gasteiger partial charge on any atom is -0.462 e. The number of fused-ring (bicyclic) bond motifs is 1. The monoisotopic (exact) mass is 445 g/mol. The summed E-state index contributed by atoms with van der Waals surface area (Å²) in [5.41, 5.74) is 2.61. The smallest absolute Gasteiger partial charge is 0.348 e. The van der Waals surface area contributed by atoms with Crippen LogP contribution >= 0.6 is 11.3 Å². The van der Waals surface area contributed by atoms with Crippen LogP contribution in [0.4, 0.5) is 0 Å². The number of nitrogens with zero attached hydrogens (tertiary/aromatic N) is 3. The molecule has 0 aliphatic heterocycles. The first kappa shape index (κ1) is 23.0. The maximum absolute atomic E-state index is 13.0. The van der Waals surface area contributed by atoms with Gasteiger partial charge in [0.2, 0.25) is 0 Å². The van der Waals surface area contributed by atoms with Crippen molar-refractivity contribution in [3.8, 4) is 12.1 Å². The van der Waals surface area contributed by atoms with Crippen LogP contribution in [0, 0.1) is 29.6 Å². The molecule has 0 amide bonds. The summed E-state index contributed by atoms with van der Waals surface area (Å²) in [6, 6.07) is 12.1. The van der Waals surface area contributed by atoms with E-state index < -0.39 is 11.8 Å². The van der Waals surface area contributed by atoms with E-state index in [-0.39, 0.29) is 24.6 Å². The SMILES string of the molecule is CCOC(=O)c1sc(CC(=O)/C(C#N)=C/c2cn(C(C)C)c3ccccc23)c(C#N)c1C. The van der Waals surface area contributed by atoms with E-state index in [0.29, 0.717) is 20.9 Å². The molecule has 0 aliphatic rings. The summed E-state index contributed by atoms with van der Waals surface area (Å²) >= 11 is 1.07. The number of carbonyl (C=O) groups excluding carboxylic acids is 2. The molecule has 162 valence electrons. The third-order valence-corrected chi connectivity index (χ3v) is 6.43. The van der Waals surface area contributed by atoms with Crippen molar-refractivity contribution >= 4 is 40.1 Å². The Hall–Kier alpha value is -3.68. The largest absolute Gasteiger partial charge is 0.462 e. The Kier molecular flexibility index (Phi) is 6.92. The number of thiophene rings is 1. The third-order valence-electron chi connectivity index (χ3n) is 5.16. The number of ketones is 1. The van der Waals surface area contributed by atoms with Crippen molar-refractivity contribution < 1.29 is 14.3 Å². The highest BCUT2D eigenvalue weighted by Gasteiger charge is 2.23. The number of allylic oxidation sites excluding steroid dienone is 1. The maximum atomic E-state index is 13.0. The van der Waals surface area contributed by atoms with Crippen LogP contribution in [-0.4, -0.2) is 22.9 Å². The van der Waals surface area contributed by atoms with Gasteiger partial charge in [-0.15, -0.1) is 11.3 Å². The Morgan fingerprint density at radius 3 is 2.59 bits per heavy atom. The molecule has 0 unspecified atom stereocenters. The summed E-state index contributed by atoms with van der Waals surface area (Å²) in [6.07, 6.45) is 3.41. The quantitative estimate of drug-likeness (QED) is 0.277. The van der Waals surface area contributed by atoms with Crippen LogP contribution in [0.25, 0.3) is 17.0 Å². The fourth-order valence-corrected chi connectivity index (χ4v) is 4.73. The van der Waals surface area contributed by atoms with Gasteiger partial charge in [-0.05, 0) is 45.4 Å². The highest BCUT2D eigenvalue weighted by atomic mass is 32.1. The first-order chi connectivity index (χ1) is 15.3.